The van der Waals surface area contributed by atoms with Gasteiger partial charge < -0.3 is 10.2 Å². The molecule has 3 heteroatoms. The number of benzene rings is 1. The Balaban J connectivity index is 2.81. The van der Waals surface area contributed by atoms with Crippen molar-refractivity contribution in [1.82, 2.24) is 5.32 Å². The number of rotatable bonds is 5. The molecule has 0 fully saturated rings. The summed E-state index contributed by atoms with van der Waals surface area (Å²) in [7, 11) is 4.10. The van der Waals surface area contributed by atoms with Gasteiger partial charge in [-0.2, -0.15) is 0 Å². The average molecular weight is 239 g/mol. The van der Waals surface area contributed by atoms with Crippen molar-refractivity contribution >= 4 is 17.3 Å². The molecule has 0 saturated heterocycles. The summed E-state index contributed by atoms with van der Waals surface area (Å²) in [6.45, 7) is 6.43. The Hall–Kier alpha value is -0.990. The minimum absolute atomic E-state index is 0.258. The Kier molecular flexibility index (Phi) is 4.84. The van der Waals surface area contributed by atoms with E-state index in [-0.39, 0.29) is 6.04 Å². The monoisotopic (exact) mass is 238 g/mol. The van der Waals surface area contributed by atoms with Crippen LogP contribution in [0.1, 0.15) is 18.5 Å². The van der Waals surface area contributed by atoms with Crippen molar-refractivity contribution in [3.63, 3.8) is 0 Å². The largest absolute Gasteiger partial charge is 0.377 e. The molecule has 1 N–H and O–H groups in total. The standard InChI is InChI=1S/C13H19ClN2/c1-10(14)9-15-11(2)12-7-5-6-8-13(12)16(3)4/h5-8,11,15H,1,9H2,2-4H3. The molecule has 0 radical (unpaired) electrons. The topological polar surface area (TPSA) is 15.3 Å². The van der Waals surface area contributed by atoms with Crippen molar-refractivity contribution in [2.75, 3.05) is 25.5 Å². The Bertz CT molecular complexity index is 361. The average Bonchev–Trinajstić information content (AvgIpc) is 2.25. The fourth-order valence-corrected chi connectivity index (χ4v) is 1.71. The summed E-state index contributed by atoms with van der Waals surface area (Å²) >= 11 is 5.74. The summed E-state index contributed by atoms with van der Waals surface area (Å²) in [4.78, 5) is 2.11. The number of halogens is 1. The van der Waals surface area contributed by atoms with Crippen LogP contribution in [0.25, 0.3) is 0 Å². The van der Waals surface area contributed by atoms with Gasteiger partial charge >= 0.3 is 0 Å². The first-order chi connectivity index (χ1) is 7.52. The highest BCUT2D eigenvalue weighted by atomic mass is 35.5. The molecule has 1 aromatic carbocycles. The van der Waals surface area contributed by atoms with Gasteiger partial charge in [0.1, 0.15) is 0 Å². The molecule has 1 aromatic rings. The van der Waals surface area contributed by atoms with Crippen molar-refractivity contribution in [2.45, 2.75) is 13.0 Å². The Morgan fingerprint density at radius 3 is 2.62 bits per heavy atom. The van der Waals surface area contributed by atoms with E-state index in [1.54, 1.807) is 0 Å². The molecular weight excluding hydrogens is 220 g/mol. The molecule has 0 aromatic heterocycles. The van der Waals surface area contributed by atoms with E-state index in [0.717, 1.165) is 0 Å². The van der Waals surface area contributed by atoms with Crippen LogP contribution in [0.5, 0.6) is 0 Å². The highest BCUT2D eigenvalue weighted by Gasteiger charge is 2.10. The maximum Gasteiger partial charge on any atom is 0.0409 e. The number of anilines is 1. The molecule has 0 aliphatic carbocycles. The van der Waals surface area contributed by atoms with Gasteiger partial charge in [0.2, 0.25) is 0 Å². The second kappa shape index (κ2) is 5.92. The fraction of sp³-hybridized carbons (Fsp3) is 0.385. The van der Waals surface area contributed by atoms with Crippen LogP contribution in [-0.2, 0) is 0 Å². The third-order valence-corrected chi connectivity index (χ3v) is 2.62. The van der Waals surface area contributed by atoms with Gasteiger partial charge in [-0.25, -0.2) is 0 Å². The summed E-state index contributed by atoms with van der Waals surface area (Å²) in [6.07, 6.45) is 0. The summed E-state index contributed by atoms with van der Waals surface area (Å²) in [5, 5.41) is 3.97. The molecular formula is C13H19ClN2. The molecule has 16 heavy (non-hydrogen) atoms. The fourth-order valence-electron chi connectivity index (χ4n) is 1.63. The Morgan fingerprint density at radius 1 is 1.44 bits per heavy atom. The molecule has 1 atom stereocenters. The minimum atomic E-state index is 0.258. The highest BCUT2D eigenvalue weighted by molar-refractivity contribution is 6.29. The van der Waals surface area contributed by atoms with Crippen molar-refractivity contribution in [3.8, 4) is 0 Å². The second-order valence-electron chi connectivity index (χ2n) is 4.07. The van der Waals surface area contributed by atoms with E-state index in [0.29, 0.717) is 11.6 Å². The van der Waals surface area contributed by atoms with Gasteiger partial charge in [-0.3, -0.25) is 0 Å². The van der Waals surface area contributed by atoms with Crippen LogP contribution in [0.15, 0.2) is 35.9 Å². The van der Waals surface area contributed by atoms with Crippen molar-refractivity contribution < 1.29 is 0 Å². The van der Waals surface area contributed by atoms with E-state index in [2.05, 4.69) is 41.9 Å². The van der Waals surface area contributed by atoms with Gasteiger partial charge in [0.25, 0.3) is 0 Å². The summed E-state index contributed by atoms with van der Waals surface area (Å²) in [5.41, 5.74) is 2.49. The van der Waals surface area contributed by atoms with E-state index in [9.17, 15) is 0 Å². The highest BCUT2D eigenvalue weighted by Crippen LogP contribution is 2.24. The first-order valence-electron chi connectivity index (χ1n) is 5.35. The van der Waals surface area contributed by atoms with Gasteiger partial charge in [-0.05, 0) is 18.6 Å². The van der Waals surface area contributed by atoms with Crippen LogP contribution >= 0.6 is 11.6 Å². The lowest BCUT2D eigenvalue weighted by atomic mass is 10.1. The molecule has 0 aliphatic rings. The zero-order chi connectivity index (χ0) is 12.1. The summed E-state index contributed by atoms with van der Waals surface area (Å²) < 4.78 is 0. The second-order valence-corrected chi connectivity index (χ2v) is 4.61. The summed E-state index contributed by atoms with van der Waals surface area (Å²) in [6, 6.07) is 8.60. The third-order valence-electron chi connectivity index (χ3n) is 2.49. The number of nitrogens with zero attached hydrogens (tertiary/aromatic N) is 1. The van der Waals surface area contributed by atoms with Gasteiger partial charge in [0.05, 0.1) is 0 Å². The molecule has 0 saturated carbocycles. The van der Waals surface area contributed by atoms with E-state index in [1.165, 1.54) is 11.3 Å². The lowest BCUT2D eigenvalue weighted by Crippen LogP contribution is -2.22. The lowest BCUT2D eigenvalue weighted by molar-refractivity contribution is 0.614. The molecule has 0 aliphatic heterocycles. The van der Waals surface area contributed by atoms with Crippen LogP contribution in [-0.4, -0.2) is 20.6 Å². The zero-order valence-corrected chi connectivity index (χ0v) is 10.9. The van der Waals surface area contributed by atoms with Crippen LogP contribution in [0, 0.1) is 0 Å². The van der Waals surface area contributed by atoms with Crippen LogP contribution in [0.2, 0.25) is 0 Å². The number of nitrogens with one attached hydrogen (secondary N) is 1. The smallest absolute Gasteiger partial charge is 0.0409 e. The van der Waals surface area contributed by atoms with E-state index in [4.69, 9.17) is 11.6 Å². The molecule has 2 nitrogen and oxygen atoms in total. The summed E-state index contributed by atoms with van der Waals surface area (Å²) in [5.74, 6) is 0. The maximum atomic E-state index is 5.74. The van der Waals surface area contributed by atoms with E-state index < -0.39 is 0 Å². The van der Waals surface area contributed by atoms with Crippen molar-refractivity contribution in [1.29, 1.82) is 0 Å². The van der Waals surface area contributed by atoms with Crippen molar-refractivity contribution in [2.24, 2.45) is 0 Å². The first-order valence-corrected chi connectivity index (χ1v) is 5.73. The van der Waals surface area contributed by atoms with E-state index in [1.807, 2.05) is 20.2 Å². The van der Waals surface area contributed by atoms with Crippen LogP contribution < -0.4 is 10.2 Å². The molecule has 0 heterocycles. The zero-order valence-electron chi connectivity index (χ0n) is 10.1. The van der Waals surface area contributed by atoms with Gasteiger partial charge in [-0.15, -0.1) is 0 Å². The van der Waals surface area contributed by atoms with Crippen LogP contribution in [0.4, 0.5) is 5.69 Å². The maximum absolute atomic E-state index is 5.74. The molecule has 0 spiro atoms. The molecule has 0 bridgehead atoms. The van der Waals surface area contributed by atoms with Crippen LogP contribution in [0.3, 0.4) is 0 Å². The SMILES string of the molecule is C=C(Cl)CNC(C)c1ccccc1N(C)C. The Labute approximate surface area is 103 Å². The normalized spacial score (nSPS) is 12.2. The minimum Gasteiger partial charge on any atom is -0.377 e. The van der Waals surface area contributed by atoms with Gasteiger partial charge in [0, 0.05) is 37.4 Å². The van der Waals surface area contributed by atoms with E-state index >= 15 is 0 Å². The third kappa shape index (κ3) is 3.54. The number of para-hydroxylation sites is 1. The van der Waals surface area contributed by atoms with Gasteiger partial charge in [0.15, 0.2) is 0 Å². The predicted molar refractivity (Wildman–Crippen MR) is 72.2 cm³/mol. The Morgan fingerprint density at radius 2 is 2.06 bits per heavy atom. The van der Waals surface area contributed by atoms with Gasteiger partial charge in [-0.1, -0.05) is 36.4 Å². The number of hydrogen-bond donors (Lipinski definition) is 1. The molecule has 88 valence electrons. The lowest BCUT2D eigenvalue weighted by Gasteiger charge is -2.22. The predicted octanol–water partition coefficient (Wildman–Crippen LogP) is 3.16. The molecule has 1 rings (SSSR count). The first kappa shape index (κ1) is 13.1. The number of hydrogen-bond acceptors (Lipinski definition) is 2. The quantitative estimate of drug-likeness (QED) is 0.848. The van der Waals surface area contributed by atoms with Crippen molar-refractivity contribution in [3.05, 3.63) is 41.4 Å². The molecule has 1 unspecified atom stereocenters. The molecule has 0 amide bonds.